The molecule has 0 heterocycles. The van der Waals surface area contributed by atoms with Gasteiger partial charge in [-0.1, -0.05) is 66.7 Å². The quantitative estimate of drug-likeness (QED) is 0.110. The summed E-state index contributed by atoms with van der Waals surface area (Å²) in [4.78, 5) is 31.3. The average Bonchev–Trinajstić information content (AvgIpc) is 3.10. The van der Waals surface area contributed by atoms with Gasteiger partial charge in [-0.3, -0.25) is 9.69 Å². The van der Waals surface area contributed by atoms with Gasteiger partial charge < -0.3 is 11.1 Å². The molecular weight excluding hydrogens is 605 g/mol. The zero-order valence-corrected chi connectivity index (χ0v) is 25.5. The van der Waals surface area contributed by atoms with Gasteiger partial charge in [-0.15, -0.1) is 5.53 Å². The number of hydrogen-bond donors (Lipinski definition) is 3. The maximum atomic E-state index is 13.8. The highest BCUT2D eigenvalue weighted by Crippen LogP contribution is 2.33. The van der Waals surface area contributed by atoms with E-state index in [1.165, 1.54) is 18.1 Å². The molecule has 3 amide bonds. The Morgan fingerprint density at radius 1 is 0.894 bits per heavy atom. The van der Waals surface area contributed by atoms with Crippen molar-refractivity contribution in [3.05, 3.63) is 131 Å². The van der Waals surface area contributed by atoms with Crippen molar-refractivity contribution < 1.29 is 28.3 Å². The molecule has 0 saturated heterocycles. The lowest BCUT2D eigenvalue weighted by atomic mass is 9.93. The number of alkyl halides is 3. The van der Waals surface area contributed by atoms with E-state index in [9.17, 15) is 22.8 Å². The minimum absolute atomic E-state index is 0.0752. The summed E-state index contributed by atoms with van der Waals surface area (Å²) < 4.78 is 40.3. The second-order valence-electron chi connectivity index (χ2n) is 11.1. The van der Waals surface area contributed by atoms with Gasteiger partial charge >= 0.3 is 12.2 Å². The number of allylic oxidation sites excluding steroid dienone is 2. The van der Waals surface area contributed by atoms with E-state index in [0.29, 0.717) is 22.4 Å². The lowest BCUT2D eigenvalue weighted by Crippen LogP contribution is -2.39. The Balaban J connectivity index is 1.39. The molecule has 0 fully saturated rings. The van der Waals surface area contributed by atoms with Crippen molar-refractivity contribution in [2.45, 2.75) is 44.9 Å². The molecule has 8 nitrogen and oxygen atoms in total. The molecule has 47 heavy (non-hydrogen) atoms. The first kappa shape index (κ1) is 32.8. The Morgan fingerprint density at radius 3 is 2.32 bits per heavy atom. The topological polar surface area (TPSA) is 126 Å². The minimum Gasteiger partial charge on any atom is -0.363 e. The van der Waals surface area contributed by atoms with E-state index in [4.69, 9.17) is 11.3 Å². The number of hydrogen-bond acceptors (Lipinski definition) is 2. The number of carbonyl (C=O) groups is 2. The van der Waals surface area contributed by atoms with Crippen LogP contribution in [0, 0.1) is 0 Å². The molecule has 4 aromatic rings. The average molecular weight is 640 g/mol. The van der Waals surface area contributed by atoms with Crippen LogP contribution in [-0.4, -0.2) is 17.9 Å². The predicted octanol–water partition coefficient (Wildman–Crippen LogP) is 6.91. The van der Waals surface area contributed by atoms with E-state index in [0.717, 1.165) is 42.5 Å². The van der Waals surface area contributed by atoms with Gasteiger partial charge in [0.1, 0.15) is 0 Å². The van der Waals surface area contributed by atoms with Crippen molar-refractivity contribution in [3.8, 4) is 11.1 Å². The van der Waals surface area contributed by atoms with Crippen molar-refractivity contribution in [1.82, 2.24) is 5.32 Å². The molecule has 0 saturated carbocycles. The van der Waals surface area contributed by atoms with Gasteiger partial charge in [0.25, 0.3) is 11.9 Å². The van der Waals surface area contributed by atoms with Crippen LogP contribution in [0.1, 0.15) is 58.3 Å². The normalized spacial score (nSPS) is 13.4. The summed E-state index contributed by atoms with van der Waals surface area (Å²) in [5.41, 5.74) is 15.4. The summed E-state index contributed by atoms with van der Waals surface area (Å²) in [6, 6.07) is 26.1. The first-order valence-electron chi connectivity index (χ1n) is 15.1. The number of halogens is 3. The standard InChI is InChI=1S/C36H33F3N6O2/c37-36(38,39)30-11-6-10-28(21-30)32-12-5-4-9-29(32)22-42-35(47)45(31-19-17-26(18-20-31)25-7-2-1-3-8-25)23-24-13-15-27(16-14-24)33(46)43-34(40)44-41/h4-7,9-21,41H,1-3,8,22-23H2,(H,42,47)(H2,40,43,46)/p+1. The Bertz CT molecular complexity index is 1820. The molecule has 0 aromatic heterocycles. The summed E-state index contributed by atoms with van der Waals surface area (Å²) in [5, 5.41) is 6.14. The van der Waals surface area contributed by atoms with E-state index >= 15 is 0 Å². The molecular formula is C36H34F3N6O2+. The number of nitrogens with one attached hydrogen (secondary N) is 1. The zero-order valence-electron chi connectivity index (χ0n) is 25.5. The van der Waals surface area contributed by atoms with E-state index in [1.807, 2.05) is 24.3 Å². The highest BCUT2D eigenvalue weighted by Gasteiger charge is 2.30. The van der Waals surface area contributed by atoms with Gasteiger partial charge in [0, 0.05) is 22.9 Å². The number of aliphatic imine (C=N–C) groups is 1. The summed E-state index contributed by atoms with van der Waals surface area (Å²) in [6.07, 6.45) is 2.16. The van der Waals surface area contributed by atoms with Gasteiger partial charge in [-0.2, -0.15) is 18.2 Å². The van der Waals surface area contributed by atoms with Crippen LogP contribution in [0.2, 0.25) is 0 Å². The first-order valence-corrected chi connectivity index (χ1v) is 15.1. The van der Waals surface area contributed by atoms with Gasteiger partial charge in [0.05, 0.1) is 12.1 Å². The zero-order chi connectivity index (χ0) is 33.4. The van der Waals surface area contributed by atoms with E-state index in [-0.39, 0.29) is 24.6 Å². The third kappa shape index (κ3) is 8.37. The second-order valence-corrected chi connectivity index (χ2v) is 11.1. The van der Waals surface area contributed by atoms with Crippen molar-refractivity contribution in [3.63, 3.8) is 0 Å². The van der Waals surface area contributed by atoms with Crippen LogP contribution in [0.5, 0.6) is 0 Å². The van der Waals surface area contributed by atoms with Crippen LogP contribution < -0.4 is 21.5 Å². The summed E-state index contributed by atoms with van der Waals surface area (Å²) in [7, 11) is 0. The number of carbonyl (C=O) groups excluding carboxylic acids is 2. The minimum atomic E-state index is -4.48. The molecule has 0 radical (unpaired) electrons. The molecule has 0 bridgehead atoms. The number of nitrogens with zero attached hydrogens (tertiary/aromatic N) is 3. The molecule has 0 atom stereocenters. The maximum Gasteiger partial charge on any atom is 0.416 e. The lowest BCUT2D eigenvalue weighted by molar-refractivity contribution is -0.207. The third-order valence-corrected chi connectivity index (χ3v) is 7.92. The van der Waals surface area contributed by atoms with Crippen LogP contribution in [-0.2, 0) is 19.3 Å². The Morgan fingerprint density at radius 2 is 1.64 bits per heavy atom. The number of nitrogens with two attached hydrogens (primary N) is 2. The van der Waals surface area contributed by atoms with E-state index in [2.05, 4.69) is 21.5 Å². The third-order valence-electron chi connectivity index (χ3n) is 7.92. The lowest BCUT2D eigenvalue weighted by Gasteiger charge is -2.24. The molecule has 4 aromatic carbocycles. The summed E-state index contributed by atoms with van der Waals surface area (Å²) >= 11 is 0. The highest BCUT2D eigenvalue weighted by molar-refractivity contribution is 6.02. The monoisotopic (exact) mass is 639 g/mol. The summed E-state index contributed by atoms with van der Waals surface area (Å²) in [6.45, 7) is 0.243. The summed E-state index contributed by atoms with van der Waals surface area (Å²) in [5.74, 6) is -0.950. The molecule has 11 heteroatoms. The maximum absolute atomic E-state index is 13.8. The molecule has 0 spiro atoms. The number of amides is 3. The van der Waals surface area contributed by atoms with Crippen molar-refractivity contribution in [2.24, 2.45) is 15.8 Å². The largest absolute Gasteiger partial charge is 0.416 e. The fourth-order valence-electron chi connectivity index (χ4n) is 5.45. The molecule has 240 valence electrons. The van der Waals surface area contributed by atoms with Crippen molar-refractivity contribution >= 4 is 29.2 Å². The number of rotatable bonds is 8. The predicted molar refractivity (Wildman–Crippen MR) is 175 cm³/mol. The molecule has 5 rings (SSSR count). The van der Waals surface area contributed by atoms with Crippen LogP contribution in [0.4, 0.5) is 23.7 Å². The molecule has 0 aliphatic heterocycles. The van der Waals surface area contributed by atoms with Crippen LogP contribution >= 0.6 is 0 Å². The van der Waals surface area contributed by atoms with Crippen LogP contribution in [0.25, 0.3) is 16.7 Å². The van der Waals surface area contributed by atoms with Gasteiger partial charge in [-0.05, 0) is 95.5 Å². The van der Waals surface area contributed by atoms with Gasteiger partial charge in [0.15, 0.2) is 0 Å². The van der Waals surface area contributed by atoms with Crippen molar-refractivity contribution in [1.29, 1.82) is 0 Å². The SMILES string of the molecule is NC(N=[NH2+])=NC(=O)c1ccc(CN(C(=O)NCc2ccccc2-c2cccc(C(F)(F)F)c2)c2ccc(C3=CCCCC3)cc2)cc1. The molecule has 1 aliphatic rings. The number of urea groups is 1. The number of anilines is 1. The first-order chi connectivity index (χ1) is 22.6. The molecule has 5 N–H and O–H groups in total. The number of benzene rings is 4. The van der Waals surface area contributed by atoms with Crippen LogP contribution in [0.15, 0.2) is 113 Å². The Hall–Kier alpha value is -5.58. The highest BCUT2D eigenvalue weighted by atomic mass is 19.4. The fourth-order valence-corrected chi connectivity index (χ4v) is 5.45. The van der Waals surface area contributed by atoms with E-state index < -0.39 is 23.7 Å². The molecule has 0 unspecified atom stereocenters. The van der Waals surface area contributed by atoms with E-state index in [1.54, 1.807) is 59.5 Å². The van der Waals surface area contributed by atoms with Crippen LogP contribution in [0.3, 0.4) is 0 Å². The van der Waals surface area contributed by atoms with Gasteiger partial charge in [-0.25, -0.2) is 4.79 Å². The Kier molecular flexibility index (Phi) is 10.2. The fraction of sp³-hybridized carbons (Fsp3) is 0.194. The Labute approximate surface area is 270 Å². The van der Waals surface area contributed by atoms with Gasteiger partial charge in [0.2, 0.25) is 0 Å². The second kappa shape index (κ2) is 14.7. The van der Waals surface area contributed by atoms with Crippen molar-refractivity contribution in [2.75, 3.05) is 4.90 Å². The smallest absolute Gasteiger partial charge is 0.363 e. The molecule has 1 aliphatic carbocycles. The number of guanidine groups is 1.